The molecule has 1 saturated heterocycles. The summed E-state index contributed by atoms with van der Waals surface area (Å²) in [6.07, 6.45) is 2.66. The average Bonchev–Trinajstić information content (AvgIpc) is 3.05. The highest BCUT2D eigenvalue weighted by molar-refractivity contribution is 6.32. The van der Waals surface area contributed by atoms with Gasteiger partial charge < -0.3 is 4.98 Å². The third kappa shape index (κ3) is 3.23. The summed E-state index contributed by atoms with van der Waals surface area (Å²) in [6, 6.07) is 9.29. The van der Waals surface area contributed by atoms with Crippen molar-refractivity contribution >= 4 is 22.5 Å². The maximum Gasteiger partial charge on any atom is 0.325 e. The number of nitrogens with zero attached hydrogens (tertiary/aromatic N) is 2. The van der Waals surface area contributed by atoms with Crippen LogP contribution in [0, 0.1) is 0 Å². The number of hydrogen-bond donors (Lipinski definition) is 2. The van der Waals surface area contributed by atoms with Gasteiger partial charge in [0.25, 0.3) is 5.56 Å². The van der Waals surface area contributed by atoms with Crippen LogP contribution >= 0.6 is 11.6 Å². The lowest BCUT2D eigenvalue weighted by Gasteiger charge is -2.18. The predicted octanol–water partition coefficient (Wildman–Crippen LogP) is 2.25. The predicted molar refractivity (Wildman–Crippen MR) is 97.1 cm³/mol. The van der Waals surface area contributed by atoms with Gasteiger partial charge in [-0.3, -0.25) is 19.7 Å². The summed E-state index contributed by atoms with van der Waals surface area (Å²) in [5.74, 6) is 0.136. The topological polar surface area (TPSA) is 81.8 Å². The highest BCUT2D eigenvalue weighted by atomic mass is 35.5. The Balaban J connectivity index is 1.58. The van der Waals surface area contributed by atoms with Crippen molar-refractivity contribution < 1.29 is 0 Å². The molecule has 2 N–H and O–H groups in total. The zero-order valence-electron chi connectivity index (χ0n) is 13.5. The Morgan fingerprint density at radius 3 is 2.96 bits per heavy atom. The minimum absolute atomic E-state index is 0.136. The number of rotatable bonds is 3. The van der Waals surface area contributed by atoms with Gasteiger partial charge in [-0.15, -0.1) is 0 Å². The second-order valence-electron chi connectivity index (χ2n) is 6.36. The van der Waals surface area contributed by atoms with E-state index in [1.807, 2.05) is 24.3 Å². The number of halogens is 1. The molecule has 0 bridgehead atoms. The van der Waals surface area contributed by atoms with Crippen molar-refractivity contribution in [1.82, 2.24) is 19.9 Å². The normalized spacial score (nSPS) is 18.0. The molecule has 1 fully saturated rings. The molecule has 3 aromatic rings. The molecule has 1 aliphatic rings. The Labute approximate surface area is 148 Å². The summed E-state index contributed by atoms with van der Waals surface area (Å²) in [4.78, 5) is 34.7. The van der Waals surface area contributed by atoms with Crippen LogP contribution in [0.3, 0.4) is 0 Å². The van der Waals surface area contributed by atoms with E-state index in [-0.39, 0.29) is 11.5 Å². The summed E-state index contributed by atoms with van der Waals surface area (Å²) < 4.78 is 0. The van der Waals surface area contributed by atoms with Gasteiger partial charge in [-0.05, 0) is 25.1 Å². The molecule has 0 amide bonds. The lowest BCUT2D eigenvalue weighted by atomic mass is 10.1. The lowest BCUT2D eigenvalue weighted by molar-refractivity contribution is 0.327. The molecule has 7 heteroatoms. The fraction of sp³-hybridized carbons (Fsp3) is 0.278. The molecular formula is C18H17ClN4O2. The van der Waals surface area contributed by atoms with Gasteiger partial charge in [-0.2, -0.15) is 0 Å². The Hall–Kier alpha value is -2.44. The monoisotopic (exact) mass is 356 g/mol. The molecule has 0 aliphatic carbocycles. The first-order valence-electron chi connectivity index (χ1n) is 8.18. The minimum atomic E-state index is -0.456. The van der Waals surface area contributed by atoms with Crippen molar-refractivity contribution in [3.8, 4) is 0 Å². The first-order chi connectivity index (χ1) is 12.1. The Morgan fingerprint density at radius 1 is 1.24 bits per heavy atom. The van der Waals surface area contributed by atoms with Gasteiger partial charge in [0.15, 0.2) is 0 Å². The SMILES string of the molecule is O=c1cc(C2CCN(Cc3c(Cl)ccc4cccnc34)C2)[nH]c(=O)[nH]1. The van der Waals surface area contributed by atoms with Gasteiger partial charge in [0.05, 0.1) is 5.52 Å². The van der Waals surface area contributed by atoms with E-state index in [9.17, 15) is 9.59 Å². The zero-order valence-corrected chi connectivity index (χ0v) is 14.2. The molecule has 1 atom stereocenters. The van der Waals surface area contributed by atoms with Crippen molar-refractivity contribution in [2.75, 3.05) is 13.1 Å². The van der Waals surface area contributed by atoms with Crippen LogP contribution in [-0.2, 0) is 6.54 Å². The van der Waals surface area contributed by atoms with E-state index in [0.717, 1.165) is 36.0 Å². The summed E-state index contributed by atoms with van der Waals surface area (Å²) in [5.41, 5.74) is 1.81. The van der Waals surface area contributed by atoms with Crippen molar-refractivity contribution in [1.29, 1.82) is 0 Å². The van der Waals surface area contributed by atoms with Crippen LogP contribution in [0.1, 0.15) is 23.6 Å². The molecule has 0 saturated carbocycles. The smallest absolute Gasteiger partial charge is 0.311 e. The fourth-order valence-corrected chi connectivity index (χ4v) is 3.70. The van der Waals surface area contributed by atoms with E-state index in [1.165, 1.54) is 6.07 Å². The molecule has 25 heavy (non-hydrogen) atoms. The molecule has 1 unspecified atom stereocenters. The fourth-order valence-electron chi connectivity index (χ4n) is 3.49. The number of likely N-dealkylation sites (tertiary alicyclic amines) is 1. The Kier molecular flexibility index (Phi) is 4.15. The van der Waals surface area contributed by atoms with E-state index in [1.54, 1.807) is 6.20 Å². The van der Waals surface area contributed by atoms with Gasteiger partial charge in [-0.1, -0.05) is 23.7 Å². The zero-order chi connectivity index (χ0) is 17.4. The number of benzene rings is 1. The van der Waals surface area contributed by atoms with Crippen LogP contribution in [0.4, 0.5) is 0 Å². The molecule has 0 spiro atoms. The number of fused-ring (bicyclic) bond motifs is 1. The highest BCUT2D eigenvalue weighted by Crippen LogP contribution is 2.30. The number of hydrogen-bond acceptors (Lipinski definition) is 4. The van der Waals surface area contributed by atoms with Gasteiger partial charge >= 0.3 is 5.69 Å². The van der Waals surface area contributed by atoms with E-state index in [4.69, 9.17) is 11.6 Å². The first kappa shape index (κ1) is 16.1. The van der Waals surface area contributed by atoms with Crippen LogP contribution in [0.5, 0.6) is 0 Å². The van der Waals surface area contributed by atoms with Crippen LogP contribution in [0.25, 0.3) is 10.9 Å². The largest absolute Gasteiger partial charge is 0.325 e. The molecular weight excluding hydrogens is 340 g/mol. The summed E-state index contributed by atoms with van der Waals surface area (Å²) in [6.45, 7) is 2.33. The molecule has 128 valence electrons. The van der Waals surface area contributed by atoms with Gasteiger partial charge in [0.2, 0.25) is 0 Å². The standard InChI is InChI=1S/C18H17ClN4O2/c19-14-4-3-11-2-1-6-20-17(11)13(14)10-23-7-5-12(9-23)15-8-16(24)22-18(25)21-15/h1-4,6,8,12H,5,7,9-10H2,(H2,21,22,24,25). The second kappa shape index (κ2) is 6.46. The van der Waals surface area contributed by atoms with Crippen LogP contribution in [-0.4, -0.2) is 32.9 Å². The highest BCUT2D eigenvalue weighted by Gasteiger charge is 2.26. The molecule has 1 aromatic carbocycles. The van der Waals surface area contributed by atoms with Crippen LogP contribution in [0.15, 0.2) is 46.1 Å². The van der Waals surface area contributed by atoms with E-state index >= 15 is 0 Å². The van der Waals surface area contributed by atoms with E-state index < -0.39 is 5.69 Å². The third-order valence-corrected chi connectivity index (χ3v) is 5.05. The molecule has 3 heterocycles. The Bertz CT molecular complexity index is 1010. The maximum absolute atomic E-state index is 11.5. The summed E-state index contributed by atoms with van der Waals surface area (Å²) in [5, 5.41) is 1.77. The van der Waals surface area contributed by atoms with Crippen molar-refractivity contribution in [2.45, 2.75) is 18.9 Å². The number of nitrogens with one attached hydrogen (secondary N) is 2. The van der Waals surface area contributed by atoms with E-state index in [2.05, 4.69) is 19.9 Å². The van der Waals surface area contributed by atoms with Gasteiger partial charge in [-0.25, -0.2) is 4.79 Å². The average molecular weight is 357 g/mol. The van der Waals surface area contributed by atoms with Crippen molar-refractivity contribution in [3.05, 3.63) is 73.6 Å². The third-order valence-electron chi connectivity index (χ3n) is 4.70. The number of aromatic nitrogens is 3. The quantitative estimate of drug-likeness (QED) is 0.754. The van der Waals surface area contributed by atoms with Crippen LogP contribution in [0.2, 0.25) is 5.02 Å². The minimum Gasteiger partial charge on any atom is -0.311 e. The van der Waals surface area contributed by atoms with Gasteiger partial charge in [0, 0.05) is 52.9 Å². The Morgan fingerprint density at radius 2 is 2.12 bits per heavy atom. The van der Waals surface area contributed by atoms with Crippen molar-refractivity contribution in [2.24, 2.45) is 0 Å². The maximum atomic E-state index is 11.5. The van der Waals surface area contributed by atoms with E-state index in [0.29, 0.717) is 17.3 Å². The molecule has 2 aromatic heterocycles. The summed E-state index contributed by atoms with van der Waals surface area (Å²) in [7, 11) is 0. The first-order valence-corrected chi connectivity index (χ1v) is 8.56. The molecule has 1 aliphatic heterocycles. The van der Waals surface area contributed by atoms with Gasteiger partial charge in [0.1, 0.15) is 0 Å². The van der Waals surface area contributed by atoms with Crippen LogP contribution < -0.4 is 11.2 Å². The molecule has 6 nitrogen and oxygen atoms in total. The number of pyridine rings is 1. The summed E-state index contributed by atoms with van der Waals surface area (Å²) >= 11 is 6.42. The lowest BCUT2D eigenvalue weighted by Crippen LogP contribution is -2.25. The molecule has 4 rings (SSSR count). The van der Waals surface area contributed by atoms with Crippen molar-refractivity contribution in [3.63, 3.8) is 0 Å². The number of aromatic amines is 2. The number of H-pyrrole nitrogens is 2. The second-order valence-corrected chi connectivity index (χ2v) is 6.77. The molecule has 0 radical (unpaired) electrons.